The van der Waals surface area contributed by atoms with Gasteiger partial charge in [0.1, 0.15) is 60.0 Å². The van der Waals surface area contributed by atoms with Crippen LogP contribution in [-0.2, 0) is 33.2 Å². The minimum absolute atomic E-state index is 0.284. The van der Waals surface area contributed by atoms with Crippen LogP contribution in [0.25, 0.3) is 0 Å². The van der Waals surface area contributed by atoms with Crippen molar-refractivity contribution in [1.29, 1.82) is 0 Å². The molecular formula is C33H60N4O16. The molecule has 12 N–H and O–H groups in total. The van der Waals surface area contributed by atoms with Gasteiger partial charge in [0.05, 0.1) is 43.5 Å². The van der Waals surface area contributed by atoms with Crippen molar-refractivity contribution >= 4 is 18.1 Å². The summed E-state index contributed by atoms with van der Waals surface area (Å²) in [6, 6.07) is -3.86. The van der Waals surface area contributed by atoms with Crippen molar-refractivity contribution in [2.75, 3.05) is 13.2 Å². The smallest absolute Gasteiger partial charge is 0.407 e. The van der Waals surface area contributed by atoms with Crippen molar-refractivity contribution in [3.05, 3.63) is 0 Å². The SMILES string of the molecule is CCC1OC(OC2C(NC(=O)OC(C)(C)C)CC(NC(=O)C(O)CNC(=O)OC(C)(C)C)C(OC3OC(CO)C(O)C(N)C3O)C2O)C(C)C(O)C1O. The molecule has 3 amide bonds. The number of nitrogens with two attached hydrogens (primary N) is 1. The van der Waals surface area contributed by atoms with E-state index >= 15 is 0 Å². The Bertz CT molecular complexity index is 1210. The quantitative estimate of drug-likeness (QED) is 0.100. The zero-order chi connectivity index (χ0) is 40.2. The molecule has 0 bridgehead atoms. The van der Waals surface area contributed by atoms with Crippen LogP contribution in [-0.4, -0.2) is 170 Å². The topological polar surface area (TPSA) is 310 Å². The molecule has 2 aliphatic heterocycles. The average molecular weight is 769 g/mol. The van der Waals surface area contributed by atoms with E-state index in [4.69, 9.17) is 34.2 Å². The van der Waals surface area contributed by atoms with Gasteiger partial charge in [-0.1, -0.05) is 13.8 Å². The van der Waals surface area contributed by atoms with Crippen LogP contribution in [0.5, 0.6) is 0 Å². The maximum Gasteiger partial charge on any atom is 0.407 e. The van der Waals surface area contributed by atoms with E-state index < -0.39 is 140 Å². The van der Waals surface area contributed by atoms with E-state index in [-0.39, 0.29) is 12.8 Å². The zero-order valence-corrected chi connectivity index (χ0v) is 31.4. The monoisotopic (exact) mass is 768 g/mol. The molecule has 20 nitrogen and oxygen atoms in total. The minimum Gasteiger partial charge on any atom is -0.444 e. The number of carbonyl (C=O) groups excluding carboxylic acids is 3. The van der Waals surface area contributed by atoms with E-state index in [0.29, 0.717) is 0 Å². The number of aliphatic hydroxyl groups is 7. The van der Waals surface area contributed by atoms with E-state index in [2.05, 4.69) is 16.0 Å². The summed E-state index contributed by atoms with van der Waals surface area (Å²) in [5, 5.41) is 82.5. The van der Waals surface area contributed by atoms with Crippen LogP contribution < -0.4 is 21.7 Å². The van der Waals surface area contributed by atoms with E-state index in [1.165, 1.54) is 0 Å². The lowest BCUT2D eigenvalue weighted by atomic mass is 9.82. The molecule has 16 atom stereocenters. The molecule has 0 aromatic rings. The van der Waals surface area contributed by atoms with Crippen LogP contribution in [0.3, 0.4) is 0 Å². The van der Waals surface area contributed by atoms with Gasteiger partial charge in [0.15, 0.2) is 12.6 Å². The fraction of sp³-hybridized carbons (Fsp3) is 0.909. The minimum atomic E-state index is -1.85. The van der Waals surface area contributed by atoms with Crippen molar-refractivity contribution in [3.8, 4) is 0 Å². The molecule has 16 unspecified atom stereocenters. The molecule has 3 rings (SSSR count). The molecule has 2 heterocycles. The summed E-state index contributed by atoms with van der Waals surface area (Å²) in [6.07, 6.45) is -19.3. The van der Waals surface area contributed by atoms with E-state index in [1.807, 2.05) is 0 Å². The first-order valence-corrected chi connectivity index (χ1v) is 17.8. The number of aliphatic hydroxyl groups excluding tert-OH is 7. The van der Waals surface area contributed by atoms with E-state index in [0.717, 1.165) is 0 Å². The lowest BCUT2D eigenvalue weighted by molar-refractivity contribution is -0.326. The highest BCUT2D eigenvalue weighted by Gasteiger charge is 2.53. The first-order valence-electron chi connectivity index (χ1n) is 17.8. The highest BCUT2D eigenvalue weighted by atomic mass is 16.7. The predicted molar refractivity (Wildman–Crippen MR) is 182 cm³/mol. The predicted octanol–water partition coefficient (Wildman–Crippen LogP) is -2.96. The van der Waals surface area contributed by atoms with Gasteiger partial charge < -0.3 is 85.9 Å². The molecule has 0 radical (unpaired) electrons. The van der Waals surface area contributed by atoms with Crippen LogP contribution in [0.1, 0.15) is 68.2 Å². The number of rotatable bonds is 11. The molecule has 3 aliphatic rings. The first kappa shape index (κ1) is 44.9. The molecule has 2 saturated heterocycles. The van der Waals surface area contributed by atoms with Crippen LogP contribution in [0, 0.1) is 5.92 Å². The van der Waals surface area contributed by atoms with E-state index in [1.54, 1.807) is 55.4 Å². The van der Waals surface area contributed by atoms with Crippen molar-refractivity contribution in [1.82, 2.24) is 16.0 Å². The lowest BCUT2D eigenvalue weighted by Gasteiger charge is -2.49. The maximum absolute atomic E-state index is 13.3. The molecule has 1 saturated carbocycles. The molecule has 53 heavy (non-hydrogen) atoms. The number of nitrogens with one attached hydrogen (secondary N) is 3. The number of ether oxygens (including phenoxy) is 6. The molecule has 0 spiro atoms. The third-order valence-corrected chi connectivity index (χ3v) is 9.08. The fourth-order valence-corrected chi connectivity index (χ4v) is 6.26. The summed E-state index contributed by atoms with van der Waals surface area (Å²) in [5.41, 5.74) is 4.18. The second-order valence-corrected chi connectivity index (χ2v) is 15.8. The molecule has 3 fully saturated rings. The van der Waals surface area contributed by atoms with Gasteiger partial charge in [-0.05, 0) is 54.4 Å². The van der Waals surface area contributed by atoms with Gasteiger partial charge in [-0.3, -0.25) is 4.79 Å². The molecule has 0 aromatic heterocycles. The Balaban J connectivity index is 1.98. The second kappa shape index (κ2) is 18.4. The van der Waals surface area contributed by atoms with Crippen molar-refractivity contribution in [2.24, 2.45) is 11.7 Å². The highest BCUT2D eigenvalue weighted by molar-refractivity contribution is 5.82. The Morgan fingerprint density at radius 3 is 1.85 bits per heavy atom. The van der Waals surface area contributed by atoms with Crippen LogP contribution in [0.15, 0.2) is 0 Å². The Labute approximate surface area is 308 Å². The fourth-order valence-electron chi connectivity index (χ4n) is 6.26. The van der Waals surface area contributed by atoms with Gasteiger partial charge >= 0.3 is 12.2 Å². The maximum atomic E-state index is 13.3. The standard InChI is InChI=1S/C33H60N4O16/c1-9-17-22(42)20(40)13(2)28(48-17)50-26-15(37-31(47)53-33(6,7)8)10-14(36-27(45)16(39)11-35-30(46)52-32(3,4)5)25(24(26)44)51-29-23(43)19(34)21(41)18(12-38)49-29/h13-26,28-29,38-44H,9-12,34H2,1-8H3,(H,35,46)(H,36,45)(H,37,47). The normalized spacial score (nSPS) is 38.7. The van der Waals surface area contributed by atoms with Gasteiger partial charge in [-0.2, -0.15) is 0 Å². The second-order valence-electron chi connectivity index (χ2n) is 15.8. The number of alkyl carbamates (subject to hydrolysis) is 2. The Morgan fingerprint density at radius 2 is 1.30 bits per heavy atom. The number of carbonyl (C=O) groups is 3. The van der Waals surface area contributed by atoms with Gasteiger partial charge in [-0.25, -0.2) is 9.59 Å². The number of hydrogen-bond acceptors (Lipinski definition) is 17. The molecular weight excluding hydrogens is 708 g/mol. The van der Waals surface area contributed by atoms with Crippen molar-refractivity contribution in [3.63, 3.8) is 0 Å². The average Bonchev–Trinajstić information content (AvgIpc) is 3.05. The third kappa shape index (κ3) is 12.0. The largest absolute Gasteiger partial charge is 0.444 e. The summed E-state index contributed by atoms with van der Waals surface area (Å²) in [4.78, 5) is 38.6. The Hall–Kier alpha value is -2.47. The number of amides is 3. The van der Waals surface area contributed by atoms with E-state index in [9.17, 15) is 50.1 Å². The van der Waals surface area contributed by atoms with Gasteiger partial charge in [-0.15, -0.1) is 0 Å². The lowest BCUT2D eigenvalue weighted by Crippen LogP contribution is -2.70. The van der Waals surface area contributed by atoms with Crippen molar-refractivity contribution < 1.29 is 78.6 Å². The van der Waals surface area contributed by atoms with Gasteiger partial charge in [0.25, 0.3) is 5.91 Å². The molecule has 20 heteroatoms. The summed E-state index contributed by atoms with van der Waals surface area (Å²) in [7, 11) is 0. The Morgan fingerprint density at radius 1 is 0.774 bits per heavy atom. The Kier molecular flexibility index (Phi) is 15.6. The molecule has 0 aromatic carbocycles. The molecule has 308 valence electrons. The summed E-state index contributed by atoms with van der Waals surface area (Å²) in [6.45, 7) is 11.7. The van der Waals surface area contributed by atoms with Gasteiger partial charge in [0, 0.05) is 5.92 Å². The summed E-state index contributed by atoms with van der Waals surface area (Å²) < 4.78 is 34.4. The highest BCUT2D eigenvalue weighted by Crippen LogP contribution is 2.35. The summed E-state index contributed by atoms with van der Waals surface area (Å²) in [5.74, 6) is -1.89. The zero-order valence-electron chi connectivity index (χ0n) is 31.4. The van der Waals surface area contributed by atoms with Crippen LogP contribution in [0.2, 0.25) is 0 Å². The summed E-state index contributed by atoms with van der Waals surface area (Å²) >= 11 is 0. The van der Waals surface area contributed by atoms with Gasteiger partial charge in [0.2, 0.25) is 0 Å². The molecule has 1 aliphatic carbocycles. The first-order chi connectivity index (χ1) is 24.5. The van der Waals surface area contributed by atoms with Crippen LogP contribution >= 0.6 is 0 Å². The van der Waals surface area contributed by atoms with Crippen molar-refractivity contribution in [2.45, 2.75) is 171 Å². The van der Waals surface area contributed by atoms with Crippen LogP contribution in [0.4, 0.5) is 9.59 Å². The third-order valence-electron chi connectivity index (χ3n) is 9.08. The number of hydrogen-bond donors (Lipinski definition) is 11.